The molecule has 1 aromatic rings. The first-order valence-electron chi connectivity index (χ1n) is 6.10. The molecule has 0 aromatic heterocycles. The van der Waals surface area contributed by atoms with E-state index in [0.29, 0.717) is 23.7 Å². The van der Waals surface area contributed by atoms with Crippen LogP contribution in [0.3, 0.4) is 0 Å². The second kappa shape index (κ2) is 6.73. The number of amides is 2. The van der Waals surface area contributed by atoms with Gasteiger partial charge in [-0.25, -0.2) is 0 Å². The molecule has 20 heavy (non-hydrogen) atoms. The third-order valence-corrected chi connectivity index (χ3v) is 4.68. The third-order valence-electron chi connectivity index (χ3n) is 3.10. The Hall–Kier alpha value is -0.860. The number of nitrogens with zero attached hydrogens (tertiary/aromatic N) is 1. The minimum atomic E-state index is -0.598. The molecule has 108 valence electrons. The summed E-state index contributed by atoms with van der Waals surface area (Å²) in [4.78, 5) is 25.9. The van der Waals surface area contributed by atoms with Gasteiger partial charge in [0.25, 0.3) is 5.91 Å². The molecule has 1 aromatic carbocycles. The number of carbonyl (C=O) groups excluding carboxylic acids is 2. The van der Waals surface area contributed by atoms with Crippen molar-refractivity contribution < 1.29 is 14.3 Å². The van der Waals surface area contributed by atoms with Crippen LogP contribution in [0.15, 0.2) is 18.2 Å². The lowest BCUT2D eigenvalue weighted by molar-refractivity contribution is -0.130. The van der Waals surface area contributed by atoms with Gasteiger partial charge in [0.05, 0.1) is 18.2 Å². The number of benzene rings is 1. The molecule has 1 aliphatic heterocycles. The van der Waals surface area contributed by atoms with Gasteiger partial charge in [-0.2, -0.15) is 0 Å². The zero-order chi connectivity index (χ0) is 14.7. The smallest absolute Gasteiger partial charge is 0.254 e. The Bertz CT molecular complexity index is 538. The number of morpholine rings is 1. The Labute approximate surface area is 135 Å². The Balaban J connectivity index is 2.25. The first kappa shape index (κ1) is 15.5. The number of carbonyl (C=O) groups is 2. The zero-order valence-electron chi connectivity index (χ0n) is 10.9. The first-order valence-corrected chi connectivity index (χ1v) is 7.55. The Kier molecular flexibility index (Phi) is 5.22. The van der Waals surface area contributed by atoms with E-state index in [-0.39, 0.29) is 18.4 Å². The molecule has 1 heterocycles. The molecular weight excluding hydrogens is 395 g/mol. The Morgan fingerprint density at radius 1 is 1.50 bits per heavy atom. The van der Waals surface area contributed by atoms with Crippen molar-refractivity contribution >= 4 is 46.0 Å². The molecule has 1 saturated heterocycles. The normalized spacial score (nSPS) is 18.8. The van der Waals surface area contributed by atoms with Crippen LogP contribution in [0, 0.1) is 3.57 Å². The molecule has 1 N–H and O–H groups in total. The SMILES string of the molecule is CNC(=O)C1COCCN1C(=O)c1ccc(I)c(Cl)c1. The molecule has 0 bridgehead atoms. The van der Waals surface area contributed by atoms with Gasteiger partial charge in [-0.1, -0.05) is 11.6 Å². The standard InChI is InChI=1S/C13H14ClIN2O3/c1-16-12(18)11-7-20-5-4-17(11)13(19)8-2-3-10(15)9(14)6-8/h2-3,6,11H,4-5,7H2,1H3,(H,16,18). The van der Waals surface area contributed by atoms with Crippen molar-refractivity contribution in [3.63, 3.8) is 0 Å². The maximum atomic E-state index is 12.5. The van der Waals surface area contributed by atoms with Crippen LogP contribution in [-0.2, 0) is 9.53 Å². The number of hydrogen-bond acceptors (Lipinski definition) is 3. The van der Waals surface area contributed by atoms with E-state index in [0.717, 1.165) is 3.57 Å². The lowest BCUT2D eigenvalue weighted by Crippen LogP contribution is -2.55. The van der Waals surface area contributed by atoms with E-state index in [4.69, 9.17) is 16.3 Å². The summed E-state index contributed by atoms with van der Waals surface area (Å²) >= 11 is 8.14. The van der Waals surface area contributed by atoms with Crippen molar-refractivity contribution in [2.75, 3.05) is 26.8 Å². The molecule has 2 rings (SSSR count). The summed E-state index contributed by atoms with van der Waals surface area (Å²) in [7, 11) is 1.54. The summed E-state index contributed by atoms with van der Waals surface area (Å²) < 4.78 is 6.16. The predicted octanol–water partition coefficient (Wildman–Crippen LogP) is 1.53. The Morgan fingerprint density at radius 3 is 2.90 bits per heavy atom. The molecule has 2 amide bonds. The summed E-state index contributed by atoms with van der Waals surface area (Å²) in [5.41, 5.74) is 0.478. The number of likely N-dealkylation sites (N-methyl/N-ethyl adjacent to an activating group) is 1. The van der Waals surface area contributed by atoms with Crippen LogP contribution in [0.1, 0.15) is 10.4 Å². The molecule has 5 nitrogen and oxygen atoms in total. The summed E-state index contributed by atoms with van der Waals surface area (Å²) in [6.07, 6.45) is 0. The molecule has 0 radical (unpaired) electrons. The fourth-order valence-corrected chi connectivity index (χ4v) is 2.54. The molecule has 0 saturated carbocycles. The van der Waals surface area contributed by atoms with Gasteiger partial charge in [-0.3, -0.25) is 9.59 Å². The first-order chi connectivity index (χ1) is 9.54. The molecule has 0 aliphatic carbocycles. The average Bonchev–Trinajstić information content (AvgIpc) is 2.48. The minimum Gasteiger partial charge on any atom is -0.377 e. The van der Waals surface area contributed by atoms with Gasteiger partial charge < -0.3 is 15.0 Å². The van der Waals surface area contributed by atoms with Gasteiger partial charge in [0, 0.05) is 22.7 Å². The maximum absolute atomic E-state index is 12.5. The molecule has 1 unspecified atom stereocenters. The highest BCUT2D eigenvalue weighted by atomic mass is 127. The van der Waals surface area contributed by atoms with Crippen LogP contribution in [0.5, 0.6) is 0 Å². The van der Waals surface area contributed by atoms with Crippen molar-refractivity contribution in [3.05, 3.63) is 32.4 Å². The van der Waals surface area contributed by atoms with Crippen molar-refractivity contribution in [1.82, 2.24) is 10.2 Å². The van der Waals surface area contributed by atoms with Gasteiger partial charge >= 0.3 is 0 Å². The van der Waals surface area contributed by atoms with E-state index >= 15 is 0 Å². The summed E-state index contributed by atoms with van der Waals surface area (Å²) in [6.45, 7) is 1.03. The monoisotopic (exact) mass is 408 g/mol. The lowest BCUT2D eigenvalue weighted by atomic mass is 10.1. The van der Waals surface area contributed by atoms with Crippen LogP contribution in [0.2, 0.25) is 5.02 Å². The molecule has 1 aliphatic rings. The van der Waals surface area contributed by atoms with Crippen molar-refractivity contribution in [2.45, 2.75) is 6.04 Å². The quantitative estimate of drug-likeness (QED) is 0.755. The minimum absolute atomic E-state index is 0.208. The number of halogens is 2. The van der Waals surface area contributed by atoms with E-state index in [1.165, 1.54) is 4.90 Å². The van der Waals surface area contributed by atoms with E-state index in [2.05, 4.69) is 27.9 Å². The van der Waals surface area contributed by atoms with Crippen molar-refractivity contribution in [2.24, 2.45) is 0 Å². The molecule has 1 atom stereocenters. The summed E-state index contributed by atoms with van der Waals surface area (Å²) in [5, 5.41) is 3.08. The summed E-state index contributed by atoms with van der Waals surface area (Å²) in [5.74, 6) is -0.435. The van der Waals surface area contributed by atoms with Gasteiger partial charge in [0.1, 0.15) is 6.04 Å². The highest BCUT2D eigenvalue weighted by Crippen LogP contribution is 2.21. The summed E-state index contributed by atoms with van der Waals surface area (Å²) in [6, 6.07) is 4.53. The highest BCUT2D eigenvalue weighted by molar-refractivity contribution is 14.1. The number of ether oxygens (including phenoxy) is 1. The Morgan fingerprint density at radius 2 is 2.25 bits per heavy atom. The van der Waals surface area contributed by atoms with Crippen LogP contribution >= 0.6 is 34.2 Å². The largest absolute Gasteiger partial charge is 0.377 e. The van der Waals surface area contributed by atoms with E-state index < -0.39 is 6.04 Å². The zero-order valence-corrected chi connectivity index (χ0v) is 13.8. The fraction of sp³-hybridized carbons (Fsp3) is 0.385. The van der Waals surface area contributed by atoms with Gasteiger partial charge in [0.15, 0.2) is 0 Å². The van der Waals surface area contributed by atoms with Crippen LogP contribution in [0.25, 0.3) is 0 Å². The van der Waals surface area contributed by atoms with Crippen LogP contribution < -0.4 is 5.32 Å². The number of hydrogen-bond donors (Lipinski definition) is 1. The second-order valence-electron chi connectivity index (χ2n) is 4.33. The predicted molar refractivity (Wildman–Crippen MR) is 83.9 cm³/mol. The van der Waals surface area contributed by atoms with Gasteiger partial charge in [-0.05, 0) is 40.8 Å². The highest BCUT2D eigenvalue weighted by Gasteiger charge is 2.32. The molecular formula is C13H14ClIN2O3. The van der Waals surface area contributed by atoms with Gasteiger partial charge in [-0.15, -0.1) is 0 Å². The third kappa shape index (κ3) is 3.24. The number of nitrogens with one attached hydrogen (secondary N) is 1. The van der Waals surface area contributed by atoms with Crippen LogP contribution in [0.4, 0.5) is 0 Å². The topological polar surface area (TPSA) is 58.6 Å². The average molecular weight is 409 g/mol. The van der Waals surface area contributed by atoms with E-state index in [1.54, 1.807) is 25.2 Å². The van der Waals surface area contributed by atoms with E-state index in [9.17, 15) is 9.59 Å². The van der Waals surface area contributed by atoms with Gasteiger partial charge in [0.2, 0.25) is 5.91 Å². The fourth-order valence-electron chi connectivity index (χ4n) is 2.03. The van der Waals surface area contributed by atoms with Crippen molar-refractivity contribution in [1.29, 1.82) is 0 Å². The molecule has 0 spiro atoms. The van der Waals surface area contributed by atoms with Crippen LogP contribution in [-0.4, -0.2) is 49.6 Å². The van der Waals surface area contributed by atoms with E-state index in [1.807, 2.05) is 0 Å². The second-order valence-corrected chi connectivity index (χ2v) is 5.90. The number of rotatable bonds is 2. The molecule has 7 heteroatoms. The van der Waals surface area contributed by atoms with Crippen molar-refractivity contribution in [3.8, 4) is 0 Å². The lowest BCUT2D eigenvalue weighted by Gasteiger charge is -2.34. The molecule has 1 fully saturated rings. The maximum Gasteiger partial charge on any atom is 0.254 e.